The van der Waals surface area contributed by atoms with Crippen molar-refractivity contribution in [1.82, 2.24) is 20.2 Å². The topological polar surface area (TPSA) is 43.6 Å². The highest BCUT2D eigenvalue weighted by molar-refractivity contribution is 6.32. The van der Waals surface area contributed by atoms with Crippen molar-refractivity contribution in [2.24, 2.45) is 0 Å². The number of rotatable bonds is 2. The number of para-hydroxylation sites is 1. The van der Waals surface area contributed by atoms with E-state index in [1.807, 2.05) is 0 Å². The van der Waals surface area contributed by atoms with Gasteiger partial charge < -0.3 is 0 Å². The first-order valence-corrected chi connectivity index (χ1v) is 5.55. The van der Waals surface area contributed by atoms with E-state index in [4.69, 9.17) is 23.2 Å². The summed E-state index contributed by atoms with van der Waals surface area (Å²) in [7, 11) is 0. The van der Waals surface area contributed by atoms with Crippen molar-refractivity contribution in [1.29, 1.82) is 0 Å². The molecule has 0 saturated heterocycles. The van der Waals surface area contributed by atoms with E-state index in [0.29, 0.717) is 0 Å². The zero-order chi connectivity index (χ0) is 13.3. The summed E-state index contributed by atoms with van der Waals surface area (Å²) in [6, 6.07) is 3.44. The highest BCUT2D eigenvalue weighted by Gasteiger charge is 2.35. The maximum Gasteiger partial charge on any atom is 0.418 e. The second-order valence-corrected chi connectivity index (χ2v) is 3.95. The summed E-state index contributed by atoms with van der Waals surface area (Å²) in [6.07, 6.45) is -4.56. The average Bonchev–Trinajstić information content (AvgIpc) is 2.75. The van der Waals surface area contributed by atoms with Gasteiger partial charge in [0.2, 0.25) is 0 Å². The number of aromatic nitrogens is 4. The molecule has 2 aromatic rings. The van der Waals surface area contributed by atoms with Crippen molar-refractivity contribution in [2.75, 3.05) is 0 Å². The smallest absolute Gasteiger partial charge is 0.194 e. The van der Waals surface area contributed by atoms with Crippen molar-refractivity contribution in [2.45, 2.75) is 12.1 Å². The molecule has 0 fully saturated rings. The molecular weight excluding hydrogens is 292 g/mol. The van der Waals surface area contributed by atoms with E-state index in [1.54, 1.807) is 0 Å². The number of hydrogen-bond acceptors (Lipinski definition) is 3. The van der Waals surface area contributed by atoms with Gasteiger partial charge in [-0.2, -0.15) is 17.9 Å². The molecule has 0 saturated carbocycles. The molecule has 0 spiro atoms. The Bertz CT molecular complexity index is 567. The van der Waals surface area contributed by atoms with E-state index in [9.17, 15) is 13.2 Å². The van der Waals surface area contributed by atoms with Crippen molar-refractivity contribution in [3.8, 4) is 5.69 Å². The van der Waals surface area contributed by atoms with E-state index in [0.717, 1.165) is 10.7 Å². The summed E-state index contributed by atoms with van der Waals surface area (Å²) < 4.78 is 39.5. The Labute approximate surface area is 109 Å². The van der Waals surface area contributed by atoms with Gasteiger partial charge in [0.15, 0.2) is 5.82 Å². The summed E-state index contributed by atoms with van der Waals surface area (Å²) >= 11 is 11.4. The highest BCUT2D eigenvalue weighted by atomic mass is 35.5. The Kier molecular flexibility index (Phi) is 3.45. The largest absolute Gasteiger partial charge is 0.418 e. The van der Waals surface area contributed by atoms with Gasteiger partial charge in [0, 0.05) is 0 Å². The van der Waals surface area contributed by atoms with Gasteiger partial charge in [0.1, 0.15) is 0 Å². The molecular formula is C9H5Cl2F3N4. The predicted molar refractivity (Wildman–Crippen MR) is 58.7 cm³/mol. The summed E-state index contributed by atoms with van der Waals surface area (Å²) in [5.41, 5.74) is -1.25. The first kappa shape index (κ1) is 13.1. The molecule has 9 heteroatoms. The van der Waals surface area contributed by atoms with Gasteiger partial charge in [0.05, 0.1) is 22.2 Å². The molecule has 0 amide bonds. The Morgan fingerprint density at radius 3 is 2.61 bits per heavy atom. The van der Waals surface area contributed by atoms with Crippen LogP contribution in [0.2, 0.25) is 5.02 Å². The number of alkyl halides is 4. The third kappa shape index (κ3) is 2.28. The van der Waals surface area contributed by atoms with Crippen LogP contribution in [0.25, 0.3) is 5.69 Å². The van der Waals surface area contributed by atoms with Gasteiger partial charge in [-0.3, -0.25) is 0 Å². The molecule has 0 aliphatic heterocycles. The number of tetrazole rings is 1. The molecule has 0 radical (unpaired) electrons. The van der Waals surface area contributed by atoms with Gasteiger partial charge in [0.25, 0.3) is 0 Å². The Hall–Kier alpha value is -1.34. The molecule has 0 N–H and O–H groups in total. The van der Waals surface area contributed by atoms with Gasteiger partial charge in [-0.05, 0) is 22.6 Å². The fourth-order valence-corrected chi connectivity index (χ4v) is 1.84. The molecule has 1 aromatic carbocycles. The predicted octanol–water partition coefficient (Wildman–Crippen LogP) is 3.07. The SMILES string of the molecule is FC(F)(F)c1cccc(Cl)c1-n1nnnc1CCl. The molecule has 0 atom stereocenters. The maximum atomic E-state index is 12.9. The zero-order valence-electron chi connectivity index (χ0n) is 8.62. The fraction of sp³-hybridized carbons (Fsp3) is 0.222. The third-order valence-electron chi connectivity index (χ3n) is 2.16. The molecule has 0 aliphatic carbocycles. The lowest BCUT2D eigenvalue weighted by Crippen LogP contribution is -2.13. The minimum Gasteiger partial charge on any atom is -0.194 e. The van der Waals surface area contributed by atoms with Crippen LogP contribution in [0.1, 0.15) is 11.4 Å². The number of nitrogens with zero attached hydrogens (tertiary/aromatic N) is 4. The van der Waals surface area contributed by atoms with Gasteiger partial charge in [-0.15, -0.1) is 16.7 Å². The van der Waals surface area contributed by atoms with Crippen molar-refractivity contribution in [3.05, 3.63) is 34.6 Å². The molecule has 0 unspecified atom stereocenters. The molecule has 18 heavy (non-hydrogen) atoms. The quantitative estimate of drug-likeness (QED) is 0.800. The first-order valence-electron chi connectivity index (χ1n) is 4.64. The third-order valence-corrected chi connectivity index (χ3v) is 2.70. The van der Waals surface area contributed by atoms with Crippen molar-refractivity contribution >= 4 is 23.2 Å². The van der Waals surface area contributed by atoms with E-state index in [2.05, 4.69) is 15.5 Å². The zero-order valence-corrected chi connectivity index (χ0v) is 10.1. The Morgan fingerprint density at radius 1 is 1.28 bits per heavy atom. The number of benzene rings is 1. The second-order valence-electron chi connectivity index (χ2n) is 3.27. The van der Waals surface area contributed by atoms with E-state index in [-0.39, 0.29) is 22.4 Å². The Balaban J connectivity index is 2.71. The van der Waals surface area contributed by atoms with Crippen LogP contribution in [-0.4, -0.2) is 20.2 Å². The molecule has 0 bridgehead atoms. The van der Waals surface area contributed by atoms with Crippen LogP contribution < -0.4 is 0 Å². The van der Waals surface area contributed by atoms with Gasteiger partial charge >= 0.3 is 6.18 Å². The Morgan fingerprint density at radius 2 is 2.00 bits per heavy atom. The summed E-state index contributed by atoms with van der Waals surface area (Å²) in [5, 5.41) is 10.2. The lowest BCUT2D eigenvalue weighted by molar-refractivity contribution is -0.137. The minimum absolute atomic E-state index is 0.0790. The lowest BCUT2D eigenvalue weighted by atomic mass is 10.1. The van der Waals surface area contributed by atoms with Crippen LogP contribution in [0.5, 0.6) is 0 Å². The van der Waals surface area contributed by atoms with Crippen LogP contribution >= 0.6 is 23.2 Å². The monoisotopic (exact) mass is 296 g/mol. The first-order chi connectivity index (χ1) is 8.45. The van der Waals surface area contributed by atoms with E-state index >= 15 is 0 Å². The second kappa shape index (κ2) is 4.74. The van der Waals surface area contributed by atoms with Crippen LogP contribution in [0.3, 0.4) is 0 Å². The van der Waals surface area contributed by atoms with Crippen molar-refractivity contribution in [3.63, 3.8) is 0 Å². The minimum atomic E-state index is -4.56. The summed E-state index contributed by atoms with van der Waals surface area (Å²) in [4.78, 5) is 0. The van der Waals surface area contributed by atoms with Gasteiger partial charge in [-0.25, -0.2) is 0 Å². The maximum absolute atomic E-state index is 12.9. The van der Waals surface area contributed by atoms with Crippen LogP contribution in [0.15, 0.2) is 18.2 Å². The highest BCUT2D eigenvalue weighted by Crippen LogP contribution is 2.37. The van der Waals surface area contributed by atoms with E-state index < -0.39 is 11.7 Å². The van der Waals surface area contributed by atoms with Crippen LogP contribution in [0, 0.1) is 0 Å². The average molecular weight is 297 g/mol. The molecule has 1 aromatic heterocycles. The lowest BCUT2D eigenvalue weighted by Gasteiger charge is -2.14. The number of hydrogen-bond donors (Lipinski definition) is 0. The van der Waals surface area contributed by atoms with Crippen molar-refractivity contribution < 1.29 is 13.2 Å². The number of halogens is 5. The molecule has 96 valence electrons. The fourth-order valence-electron chi connectivity index (χ4n) is 1.42. The standard InChI is InChI=1S/C9H5Cl2F3N4/c10-4-7-15-16-17-18(7)8-5(9(12,13)14)2-1-3-6(8)11/h1-3H,4H2. The molecule has 2 rings (SSSR count). The summed E-state index contributed by atoms with van der Waals surface area (Å²) in [5.74, 6) is -0.0505. The normalized spacial score (nSPS) is 11.8. The van der Waals surface area contributed by atoms with Gasteiger partial charge in [-0.1, -0.05) is 17.7 Å². The molecule has 0 aliphatic rings. The van der Waals surface area contributed by atoms with Crippen LogP contribution in [0.4, 0.5) is 13.2 Å². The summed E-state index contributed by atoms with van der Waals surface area (Å²) in [6.45, 7) is 0. The molecule has 1 heterocycles. The van der Waals surface area contributed by atoms with Crippen LogP contribution in [-0.2, 0) is 12.1 Å². The van der Waals surface area contributed by atoms with E-state index in [1.165, 1.54) is 12.1 Å². The molecule has 4 nitrogen and oxygen atoms in total.